The lowest BCUT2D eigenvalue weighted by Gasteiger charge is -2.21. The Morgan fingerprint density at radius 1 is 0.914 bits per heavy atom. The minimum atomic E-state index is -1.16. The highest BCUT2D eigenvalue weighted by molar-refractivity contribution is 6.09. The van der Waals surface area contributed by atoms with Gasteiger partial charge in [-0.1, -0.05) is 6.07 Å². The second-order valence-corrected chi connectivity index (χ2v) is 8.67. The predicted octanol–water partition coefficient (Wildman–Crippen LogP) is 4.84. The van der Waals surface area contributed by atoms with Gasteiger partial charge in [0.25, 0.3) is 5.91 Å². The van der Waals surface area contributed by atoms with Gasteiger partial charge in [0.1, 0.15) is 34.8 Å². The monoisotopic (exact) mass is 490 g/mol. The van der Waals surface area contributed by atoms with Crippen molar-refractivity contribution in [2.24, 2.45) is 0 Å². The van der Waals surface area contributed by atoms with Crippen LogP contribution in [0.25, 0.3) is 0 Å². The molecule has 0 spiro atoms. The van der Waals surface area contributed by atoms with Gasteiger partial charge < -0.3 is 15.3 Å². The Kier molecular flexibility index (Phi) is 6.00. The first-order chi connectivity index (χ1) is 16.4. The molecule has 0 fully saturated rings. The summed E-state index contributed by atoms with van der Waals surface area (Å²) in [5.41, 5.74) is -1.27. The molecule has 2 N–H and O–H groups in total. The maximum Gasteiger partial charge on any atom is 0.251 e. The number of carbonyl (C=O) groups is 2. The van der Waals surface area contributed by atoms with E-state index < -0.39 is 76.3 Å². The van der Waals surface area contributed by atoms with Gasteiger partial charge in [0.05, 0.1) is 12.0 Å². The van der Waals surface area contributed by atoms with Crippen LogP contribution in [0.2, 0.25) is 0 Å². The van der Waals surface area contributed by atoms with E-state index in [1.165, 1.54) is 18.2 Å². The topological polar surface area (TPSA) is 69.6 Å². The van der Waals surface area contributed by atoms with Crippen molar-refractivity contribution in [2.45, 2.75) is 32.4 Å². The number of anilines is 1. The molecule has 0 aliphatic carbocycles. The van der Waals surface area contributed by atoms with Gasteiger partial charge in [-0.2, -0.15) is 0 Å². The van der Waals surface area contributed by atoms with Gasteiger partial charge in [-0.3, -0.25) is 9.59 Å². The number of phenols is 1. The molecule has 35 heavy (non-hydrogen) atoms. The summed E-state index contributed by atoms with van der Waals surface area (Å²) >= 11 is 0. The smallest absolute Gasteiger partial charge is 0.251 e. The van der Waals surface area contributed by atoms with Crippen molar-refractivity contribution in [2.75, 3.05) is 4.90 Å². The van der Waals surface area contributed by atoms with Gasteiger partial charge in [-0.25, -0.2) is 22.0 Å². The maximum absolute atomic E-state index is 14.3. The van der Waals surface area contributed by atoms with E-state index in [0.29, 0.717) is 17.7 Å². The quantitative estimate of drug-likeness (QED) is 0.503. The summed E-state index contributed by atoms with van der Waals surface area (Å²) in [6, 6.07) is 6.70. The van der Waals surface area contributed by atoms with Gasteiger partial charge in [0, 0.05) is 53.2 Å². The number of nitrogens with zero attached hydrogens (tertiary/aromatic N) is 1. The number of amides is 2. The fraction of sp³-hybridized carbons (Fsp3) is 0.200. The zero-order valence-corrected chi connectivity index (χ0v) is 18.6. The highest BCUT2D eigenvalue weighted by atomic mass is 19.2. The number of halogens is 5. The van der Waals surface area contributed by atoms with E-state index in [-0.39, 0.29) is 11.3 Å². The molecule has 0 atom stereocenters. The third kappa shape index (κ3) is 4.31. The normalized spacial score (nSPS) is 14.3. The van der Waals surface area contributed by atoms with Gasteiger partial charge in [-0.05, 0) is 31.5 Å². The maximum atomic E-state index is 14.3. The molecule has 1 aliphatic heterocycles. The van der Waals surface area contributed by atoms with Gasteiger partial charge >= 0.3 is 0 Å². The number of nitrogens with one attached hydrogen (secondary N) is 1. The van der Waals surface area contributed by atoms with Crippen LogP contribution in [0.1, 0.15) is 40.9 Å². The summed E-state index contributed by atoms with van der Waals surface area (Å²) in [5, 5.41) is 11.7. The molecular formula is C25H19F5N2O3. The number of aromatic hydroxyl groups is 1. The summed E-state index contributed by atoms with van der Waals surface area (Å²) in [6.07, 6.45) is 0. The number of fused-ring (bicyclic) bond motifs is 1. The standard InChI is InChI=1S/C25H19F5N2O3/c1-25(2)17-4-3-12(23(34)31-10-15-18(27)6-13(26)7-19(15)28)5-22(17)32(24(25)35)11-16-20(29)8-14(33)9-21(16)30/h3-9,33H,10-11H2,1-2H3,(H,31,34). The third-order valence-electron chi connectivity index (χ3n) is 5.98. The van der Waals surface area contributed by atoms with Gasteiger partial charge in [0.15, 0.2) is 0 Å². The lowest BCUT2D eigenvalue weighted by molar-refractivity contribution is -0.122. The number of hydrogen-bond acceptors (Lipinski definition) is 3. The Hall–Kier alpha value is -3.95. The highest BCUT2D eigenvalue weighted by Gasteiger charge is 2.44. The second kappa shape index (κ2) is 8.68. The van der Waals surface area contributed by atoms with Crippen LogP contribution in [-0.2, 0) is 23.3 Å². The van der Waals surface area contributed by atoms with Crippen molar-refractivity contribution in [1.82, 2.24) is 5.32 Å². The highest BCUT2D eigenvalue weighted by Crippen LogP contribution is 2.43. The van der Waals surface area contributed by atoms with Gasteiger partial charge in [0.2, 0.25) is 5.91 Å². The zero-order chi connectivity index (χ0) is 25.7. The Balaban J connectivity index is 1.64. The number of benzene rings is 3. The van der Waals surface area contributed by atoms with Crippen LogP contribution in [0.4, 0.5) is 27.6 Å². The van der Waals surface area contributed by atoms with Crippen LogP contribution >= 0.6 is 0 Å². The molecule has 0 saturated heterocycles. The van der Waals surface area contributed by atoms with Crippen molar-refractivity contribution in [1.29, 1.82) is 0 Å². The molecule has 5 nitrogen and oxygen atoms in total. The van der Waals surface area contributed by atoms with E-state index in [0.717, 1.165) is 17.0 Å². The molecule has 1 heterocycles. The van der Waals surface area contributed by atoms with Crippen molar-refractivity contribution >= 4 is 17.5 Å². The van der Waals surface area contributed by atoms with Crippen molar-refractivity contribution in [3.05, 3.63) is 93.8 Å². The fourth-order valence-electron chi connectivity index (χ4n) is 4.05. The average Bonchev–Trinajstić information content (AvgIpc) is 2.95. The minimum Gasteiger partial charge on any atom is -0.508 e. The average molecular weight is 490 g/mol. The largest absolute Gasteiger partial charge is 0.508 e. The molecule has 2 amide bonds. The van der Waals surface area contributed by atoms with Crippen molar-refractivity contribution in [3.8, 4) is 5.75 Å². The molecule has 0 unspecified atom stereocenters. The van der Waals surface area contributed by atoms with E-state index >= 15 is 0 Å². The van der Waals surface area contributed by atoms with E-state index in [2.05, 4.69) is 5.32 Å². The number of carbonyl (C=O) groups excluding carboxylic acids is 2. The van der Waals surface area contributed by atoms with E-state index in [9.17, 15) is 36.6 Å². The molecule has 0 saturated carbocycles. The molecule has 10 heteroatoms. The first kappa shape index (κ1) is 24.2. The van der Waals surface area contributed by atoms with Crippen LogP contribution in [0.3, 0.4) is 0 Å². The Labute approximate surface area is 196 Å². The molecule has 3 aromatic rings. The summed E-state index contributed by atoms with van der Waals surface area (Å²) in [5.74, 6) is -7.31. The molecule has 3 aromatic carbocycles. The summed E-state index contributed by atoms with van der Waals surface area (Å²) in [6.45, 7) is 2.19. The summed E-state index contributed by atoms with van der Waals surface area (Å²) in [4.78, 5) is 26.9. The molecule has 182 valence electrons. The van der Waals surface area contributed by atoms with Gasteiger partial charge in [-0.15, -0.1) is 0 Å². The van der Waals surface area contributed by atoms with Crippen LogP contribution in [0, 0.1) is 29.1 Å². The summed E-state index contributed by atoms with van der Waals surface area (Å²) < 4.78 is 69.5. The summed E-state index contributed by atoms with van der Waals surface area (Å²) in [7, 11) is 0. The van der Waals surface area contributed by atoms with Crippen LogP contribution in [0.15, 0.2) is 42.5 Å². The number of phenolic OH excluding ortho intramolecular Hbond substituents is 1. The fourth-order valence-corrected chi connectivity index (χ4v) is 4.05. The lowest BCUT2D eigenvalue weighted by atomic mass is 9.86. The lowest BCUT2D eigenvalue weighted by Crippen LogP contribution is -2.36. The zero-order valence-electron chi connectivity index (χ0n) is 18.6. The predicted molar refractivity (Wildman–Crippen MR) is 116 cm³/mol. The minimum absolute atomic E-state index is 0.0221. The third-order valence-corrected chi connectivity index (χ3v) is 5.98. The Morgan fingerprint density at radius 2 is 1.49 bits per heavy atom. The van der Waals surface area contributed by atoms with E-state index in [1.807, 2.05) is 0 Å². The molecule has 0 aromatic heterocycles. The first-order valence-electron chi connectivity index (χ1n) is 10.4. The SMILES string of the molecule is CC1(C)C(=O)N(Cc2c(F)cc(O)cc2F)c2cc(C(=O)NCc3c(F)cc(F)cc3F)ccc21. The number of hydrogen-bond donors (Lipinski definition) is 2. The van der Waals surface area contributed by atoms with Crippen LogP contribution < -0.4 is 10.2 Å². The molecule has 0 radical (unpaired) electrons. The second-order valence-electron chi connectivity index (χ2n) is 8.67. The van der Waals surface area contributed by atoms with Crippen molar-refractivity contribution in [3.63, 3.8) is 0 Å². The molecule has 1 aliphatic rings. The molecular weight excluding hydrogens is 471 g/mol. The van der Waals surface area contributed by atoms with Crippen molar-refractivity contribution < 1.29 is 36.6 Å². The van der Waals surface area contributed by atoms with E-state index in [1.54, 1.807) is 13.8 Å². The number of rotatable bonds is 5. The van der Waals surface area contributed by atoms with Crippen LogP contribution in [-0.4, -0.2) is 16.9 Å². The van der Waals surface area contributed by atoms with E-state index in [4.69, 9.17) is 0 Å². The molecule has 4 rings (SSSR count). The Bertz CT molecular complexity index is 1330. The molecule has 0 bridgehead atoms. The Morgan fingerprint density at radius 3 is 2.09 bits per heavy atom. The van der Waals surface area contributed by atoms with Crippen LogP contribution in [0.5, 0.6) is 5.75 Å². The first-order valence-corrected chi connectivity index (χ1v) is 10.4.